The van der Waals surface area contributed by atoms with Gasteiger partial charge in [0, 0.05) is 17.8 Å². The van der Waals surface area contributed by atoms with E-state index < -0.39 is 34.3 Å². The zero-order chi connectivity index (χ0) is 32.2. The molecule has 0 amide bonds. The van der Waals surface area contributed by atoms with E-state index in [-0.39, 0.29) is 46.2 Å². The third-order valence-corrected chi connectivity index (χ3v) is 19.2. The Bertz CT molecular complexity index is 936. The van der Waals surface area contributed by atoms with Gasteiger partial charge in [0.1, 0.15) is 11.9 Å². The van der Waals surface area contributed by atoms with Crippen LogP contribution in [0.3, 0.4) is 0 Å². The Morgan fingerprint density at radius 1 is 0.976 bits per heavy atom. The van der Waals surface area contributed by atoms with Crippen molar-refractivity contribution in [3.8, 4) is 0 Å². The average Bonchev–Trinajstić information content (AvgIpc) is 2.81. The molecule has 0 saturated heterocycles. The zero-order valence-electron chi connectivity index (χ0n) is 29.3. The number of ketones is 1. The predicted molar refractivity (Wildman–Crippen MR) is 178 cm³/mol. The Hall–Kier alpha value is -1.03. The van der Waals surface area contributed by atoms with Crippen LogP contribution in [0, 0.1) is 17.3 Å². The molecule has 1 rings (SSSR count). The number of allylic oxidation sites excluding steroid dienone is 1. The summed E-state index contributed by atoms with van der Waals surface area (Å²) in [7, 11) is -4.49. The lowest BCUT2D eigenvalue weighted by Gasteiger charge is -2.46. The Morgan fingerprint density at radius 2 is 1.49 bits per heavy atom. The Morgan fingerprint density at radius 3 is 1.98 bits per heavy atom. The van der Waals surface area contributed by atoms with E-state index in [0.717, 1.165) is 19.3 Å². The lowest BCUT2D eigenvalue weighted by atomic mass is 9.73. The van der Waals surface area contributed by atoms with Crippen LogP contribution < -0.4 is 0 Å². The second-order valence-corrected chi connectivity index (χ2v) is 25.7. The second-order valence-electron chi connectivity index (χ2n) is 16.2. The molecule has 1 aliphatic heterocycles. The molecule has 0 aromatic heterocycles. The Kier molecular flexibility index (Phi) is 13.1. The van der Waals surface area contributed by atoms with E-state index in [1.54, 1.807) is 6.08 Å². The minimum absolute atomic E-state index is 0.0221. The van der Waals surface area contributed by atoms with Crippen molar-refractivity contribution in [2.75, 3.05) is 0 Å². The number of rotatable bonds is 5. The van der Waals surface area contributed by atoms with Crippen molar-refractivity contribution in [1.29, 1.82) is 0 Å². The van der Waals surface area contributed by atoms with Crippen molar-refractivity contribution < 1.29 is 23.2 Å². The molecule has 0 fully saturated rings. The van der Waals surface area contributed by atoms with Gasteiger partial charge in [0.2, 0.25) is 0 Å². The molecule has 1 heterocycles. The van der Waals surface area contributed by atoms with Crippen LogP contribution in [0.1, 0.15) is 108 Å². The van der Waals surface area contributed by atoms with Gasteiger partial charge in [-0.1, -0.05) is 93.5 Å². The fourth-order valence-electron chi connectivity index (χ4n) is 4.95. The van der Waals surface area contributed by atoms with E-state index in [4.69, 9.17) is 13.6 Å². The summed E-state index contributed by atoms with van der Waals surface area (Å²) in [5.74, 6) is -0.396. The lowest BCUT2D eigenvalue weighted by Crippen LogP contribution is -2.54. The van der Waals surface area contributed by atoms with Gasteiger partial charge in [0.25, 0.3) is 0 Å². The van der Waals surface area contributed by atoms with E-state index in [2.05, 4.69) is 94.2 Å². The molecule has 0 radical (unpaired) electrons. The van der Waals surface area contributed by atoms with Gasteiger partial charge in [-0.05, 0) is 68.4 Å². The van der Waals surface area contributed by atoms with Gasteiger partial charge in [-0.3, -0.25) is 9.59 Å². The van der Waals surface area contributed by atoms with Crippen molar-refractivity contribution in [2.24, 2.45) is 17.3 Å². The molecule has 238 valence electrons. The van der Waals surface area contributed by atoms with E-state index in [1.165, 1.54) is 5.57 Å². The van der Waals surface area contributed by atoms with Gasteiger partial charge >= 0.3 is 5.97 Å². The number of cyclic esters (lactones) is 1. The topological polar surface area (TPSA) is 61.8 Å². The van der Waals surface area contributed by atoms with Crippen LogP contribution >= 0.6 is 0 Å². The number of hydrogen-bond donors (Lipinski definition) is 0. The number of ether oxygens (including phenoxy) is 1. The molecular weight excluding hydrogens is 545 g/mol. The minimum atomic E-state index is -2.33. The lowest BCUT2D eigenvalue weighted by molar-refractivity contribution is -0.153. The van der Waals surface area contributed by atoms with Gasteiger partial charge < -0.3 is 13.6 Å². The highest BCUT2D eigenvalue weighted by Gasteiger charge is 2.50. The van der Waals surface area contributed by atoms with Crippen molar-refractivity contribution in [3.05, 3.63) is 24.3 Å². The normalized spacial score (nSPS) is 29.8. The summed E-state index contributed by atoms with van der Waals surface area (Å²) in [6.45, 7) is 36.4. The molecular formula is C34H64O5Si2. The molecule has 41 heavy (non-hydrogen) atoms. The monoisotopic (exact) mass is 608 g/mol. The summed E-state index contributed by atoms with van der Waals surface area (Å²) < 4.78 is 19.9. The number of hydrogen-bond acceptors (Lipinski definition) is 5. The number of carbonyl (C=O) groups is 2. The van der Waals surface area contributed by atoms with E-state index >= 15 is 0 Å². The highest BCUT2D eigenvalue weighted by atomic mass is 28.4. The van der Waals surface area contributed by atoms with Crippen LogP contribution in [0.2, 0.25) is 36.3 Å². The summed E-state index contributed by atoms with van der Waals surface area (Å²) in [5.41, 5.74) is 0.360. The van der Waals surface area contributed by atoms with Crippen molar-refractivity contribution in [2.45, 2.75) is 163 Å². The molecule has 0 N–H and O–H groups in total. The number of esters is 1. The molecule has 5 nitrogen and oxygen atoms in total. The summed E-state index contributed by atoms with van der Waals surface area (Å²) in [4.78, 5) is 27.9. The van der Waals surface area contributed by atoms with Gasteiger partial charge in [-0.25, -0.2) is 0 Å². The average molecular weight is 609 g/mol. The van der Waals surface area contributed by atoms with Crippen molar-refractivity contribution >= 4 is 28.4 Å². The summed E-state index contributed by atoms with van der Waals surface area (Å²) in [6.07, 6.45) is 6.22. The molecule has 0 aromatic carbocycles. The fraction of sp³-hybridized carbons (Fsp3) is 0.824. The van der Waals surface area contributed by atoms with Crippen LogP contribution in [-0.2, 0) is 23.2 Å². The summed E-state index contributed by atoms with van der Waals surface area (Å²) in [5, 5.41) is -0.0512. The van der Waals surface area contributed by atoms with Crippen LogP contribution in [0.4, 0.5) is 0 Å². The minimum Gasteiger partial charge on any atom is -0.458 e. The maximum absolute atomic E-state index is 14.6. The standard InChI is InChI=1S/C34H64O5Si2/c1-17-27-22-21-24(2)19-18-20-25(3)30(39-41(15,16)33(8,9)10)26(4)31(36)34(11,12)28(23-29(35)37-27)38-40(13,14)32(5,6)7/h17,21,25-28,30H,1,18-20,22-23H2,2-16H3/b24-21-/t25-,26+,27+,28-,30-/m0/s1. The molecule has 0 spiro atoms. The van der Waals surface area contributed by atoms with Gasteiger partial charge in [0.05, 0.1) is 18.6 Å². The zero-order valence-corrected chi connectivity index (χ0v) is 31.3. The Balaban J connectivity index is 3.68. The van der Waals surface area contributed by atoms with E-state index in [0.29, 0.717) is 6.42 Å². The third-order valence-electron chi connectivity index (χ3n) is 10.2. The van der Waals surface area contributed by atoms with Crippen LogP contribution in [0.25, 0.3) is 0 Å². The molecule has 0 bridgehead atoms. The number of Topliss-reactive ketones (excluding diaryl/α,β-unsaturated/α-hetero) is 1. The largest absolute Gasteiger partial charge is 0.458 e. The van der Waals surface area contributed by atoms with Crippen molar-refractivity contribution in [1.82, 2.24) is 0 Å². The summed E-state index contributed by atoms with van der Waals surface area (Å²) >= 11 is 0. The molecule has 7 heteroatoms. The smallest absolute Gasteiger partial charge is 0.309 e. The first-order valence-corrected chi connectivity index (χ1v) is 21.6. The molecule has 0 unspecified atom stereocenters. The quantitative estimate of drug-likeness (QED) is 0.177. The molecule has 0 aliphatic carbocycles. The molecule has 1 aliphatic rings. The highest BCUT2D eigenvalue weighted by Crippen LogP contribution is 2.44. The molecule has 0 aromatic rings. The SMILES string of the molecule is C=C[C@@H]1C/C=C(/C)CCC[C@H](C)[C@H](O[Si](C)(C)C(C)(C)C)[C@@H](C)C(=O)C(C)(C)[C@@H](O[Si](C)(C)C(C)(C)C)CC(=O)O1. The van der Waals surface area contributed by atoms with E-state index in [1.807, 2.05) is 20.8 Å². The van der Waals surface area contributed by atoms with E-state index in [9.17, 15) is 9.59 Å². The van der Waals surface area contributed by atoms with Gasteiger partial charge in [-0.15, -0.1) is 0 Å². The number of carbonyl (C=O) groups excluding carboxylic acids is 2. The first kappa shape index (κ1) is 38.0. The highest BCUT2D eigenvalue weighted by molar-refractivity contribution is 6.74. The maximum Gasteiger partial charge on any atom is 0.309 e. The molecule has 5 atom stereocenters. The summed E-state index contributed by atoms with van der Waals surface area (Å²) in [6, 6.07) is 0. The maximum atomic E-state index is 14.6. The molecule has 0 saturated carbocycles. The fourth-order valence-corrected chi connectivity index (χ4v) is 7.86. The van der Waals surface area contributed by atoms with Crippen LogP contribution in [0.5, 0.6) is 0 Å². The van der Waals surface area contributed by atoms with Gasteiger partial charge in [0.15, 0.2) is 16.6 Å². The first-order chi connectivity index (χ1) is 18.4. The van der Waals surface area contributed by atoms with Crippen molar-refractivity contribution in [3.63, 3.8) is 0 Å². The first-order valence-electron chi connectivity index (χ1n) is 15.7. The predicted octanol–water partition coefficient (Wildman–Crippen LogP) is 9.64. The Labute approximate surface area is 255 Å². The van der Waals surface area contributed by atoms with Gasteiger partial charge in [-0.2, -0.15) is 0 Å². The van der Waals surface area contributed by atoms with Crippen LogP contribution in [-0.4, -0.2) is 46.7 Å². The second kappa shape index (κ2) is 14.2. The van der Waals surface area contributed by atoms with Crippen LogP contribution in [0.15, 0.2) is 24.3 Å². The third kappa shape index (κ3) is 10.3.